The molecule has 0 atom stereocenters. The van der Waals surface area contributed by atoms with E-state index in [9.17, 15) is 13.9 Å². The van der Waals surface area contributed by atoms with Crippen molar-refractivity contribution in [1.82, 2.24) is 10.2 Å². The van der Waals surface area contributed by atoms with Crippen molar-refractivity contribution >= 4 is 11.6 Å². The highest BCUT2D eigenvalue weighted by Gasteiger charge is 2.21. The number of nitrogens with zero attached hydrogens (tertiary/aromatic N) is 3. The van der Waals surface area contributed by atoms with Crippen LogP contribution in [0.1, 0.15) is 12.5 Å². The monoisotopic (exact) mass is 388 g/mol. The van der Waals surface area contributed by atoms with Crippen LogP contribution in [0.25, 0.3) is 0 Å². The molecule has 150 valence electrons. The summed E-state index contributed by atoms with van der Waals surface area (Å²) in [6, 6.07) is 11.2. The molecule has 0 aliphatic carbocycles. The molecule has 1 aliphatic rings. The zero-order chi connectivity index (χ0) is 19.9. The van der Waals surface area contributed by atoms with Crippen LogP contribution in [0.2, 0.25) is 0 Å². The highest BCUT2D eigenvalue weighted by molar-refractivity contribution is 5.80. The summed E-state index contributed by atoms with van der Waals surface area (Å²) in [5.41, 5.74) is 0.908. The Morgan fingerprint density at radius 2 is 1.71 bits per heavy atom. The molecule has 0 saturated carbocycles. The fourth-order valence-corrected chi connectivity index (χ4v) is 3.36. The van der Waals surface area contributed by atoms with E-state index in [0.717, 1.165) is 37.8 Å². The number of aromatic hydroxyl groups is 1. The van der Waals surface area contributed by atoms with Gasteiger partial charge in [-0.1, -0.05) is 18.2 Å². The van der Waals surface area contributed by atoms with Gasteiger partial charge in [-0.25, -0.2) is 8.78 Å². The predicted octanol–water partition coefficient (Wildman–Crippen LogP) is 3.00. The number of aliphatic imine (C=N–C) groups is 1. The van der Waals surface area contributed by atoms with Gasteiger partial charge in [0, 0.05) is 44.8 Å². The minimum absolute atomic E-state index is 0.0754. The van der Waals surface area contributed by atoms with Gasteiger partial charge < -0.3 is 20.2 Å². The van der Waals surface area contributed by atoms with E-state index in [4.69, 9.17) is 0 Å². The molecule has 0 unspecified atom stereocenters. The first-order valence-corrected chi connectivity index (χ1v) is 9.59. The molecule has 5 nitrogen and oxygen atoms in total. The van der Waals surface area contributed by atoms with Crippen LogP contribution in [-0.4, -0.2) is 55.2 Å². The van der Waals surface area contributed by atoms with Gasteiger partial charge >= 0.3 is 0 Å². The van der Waals surface area contributed by atoms with Gasteiger partial charge in [-0.15, -0.1) is 0 Å². The average molecular weight is 388 g/mol. The molecule has 0 aromatic heterocycles. The molecule has 2 aromatic carbocycles. The Hall–Kier alpha value is -2.83. The van der Waals surface area contributed by atoms with Gasteiger partial charge in [-0.3, -0.25) is 4.99 Å². The number of para-hydroxylation sites is 2. The van der Waals surface area contributed by atoms with Crippen molar-refractivity contribution < 1.29 is 13.9 Å². The summed E-state index contributed by atoms with van der Waals surface area (Å²) in [4.78, 5) is 8.84. The third kappa shape index (κ3) is 4.71. The lowest BCUT2D eigenvalue weighted by Crippen LogP contribution is -2.52. The van der Waals surface area contributed by atoms with Crippen molar-refractivity contribution in [1.29, 1.82) is 0 Å². The zero-order valence-corrected chi connectivity index (χ0v) is 16.0. The van der Waals surface area contributed by atoms with E-state index >= 15 is 0 Å². The Morgan fingerprint density at radius 1 is 1.04 bits per heavy atom. The Bertz CT molecular complexity index is 800. The lowest BCUT2D eigenvalue weighted by molar-refractivity contribution is 0.370. The van der Waals surface area contributed by atoms with Gasteiger partial charge in [0.25, 0.3) is 0 Å². The minimum Gasteiger partial charge on any atom is -0.506 e. The molecular weight excluding hydrogens is 362 g/mol. The van der Waals surface area contributed by atoms with E-state index in [1.807, 2.05) is 25.1 Å². The molecule has 1 saturated heterocycles. The van der Waals surface area contributed by atoms with E-state index in [1.165, 1.54) is 18.2 Å². The van der Waals surface area contributed by atoms with Crippen molar-refractivity contribution in [3.8, 4) is 5.75 Å². The fraction of sp³-hybridized carbons (Fsp3) is 0.381. The van der Waals surface area contributed by atoms with Gasteiger partial charge in [-0.05, 0) is 37.6 Å². The summed E-state index contributed by atoms with van der Waals surface area (Å²) in [6.07, 6.45) is 0.214. The van der Waals surface area contributed by atoms with Crippen LogP contribution in [0.15, 0.2) is 47.5 Å². The number of piperazine rings is 1. The summed E-state index contributed by atoms with van der Waals surface area (Å²) in [7, 11) is 0. The maximum absolute atomic E-state index is 13.8. The second kappa shape index (κ2) is 9.39. The fourth-order valence-electron chi connectivity index (χ4n) is 3.36. The molecule has 2 aromatic rings. The molecule has 7 heteroatoms. The third-order valence-corrected chi connectivity index (χ3v) is 4.82. The lowest BCUT2D eigenvalue weighted by Gasteiger charge is -2.37. The molecular formula is C21H26F2N4O. The first-order valence-electron chi connectivity index (χ1n) is 9.59. The summed E-state index contributed by atoms with van der Waals surface area (Å²) >= 11 is 0. The van der Waals surface area contributed by atoms with Gasteiger partial charge in [-0.2, -0.15) is 0 Å². The number of guanidine groups is 1. The largest absolute Gasteiger partial charge is 0.506 e. The number of hydrogen-bond acceptors (Lipinski definition) is 3. The lowest BCUT2D eigenvalue weighted by atomic mass is 10.1. The van der Waals surface area contributed by atoms with E-state index in [2.05, 4.69) is 20.1 Å². The number of hydrogen-bond donors (Lipinski definition) is 2. The smallest absolute Gasteiger partial charge is 0.194 e. The molecule has 0 spiro atoms. The molecule has 3 rings (SSSR count). The number of phenols is 1. The maximum Gasteiger partial charge on any atom is 0.194 e. The third-order valence-electron chi connectivity index (χ3n) is 4.82. The van der Waals surface area contributed by atoms with E-state index in [0.29, 0.717) is 13.1 Å². The Labute approximate surface area is 164 Å². The number of benzene rings is 2. The summed E-state index contributed by atoms with van der Waals surface area (Å²) in [6.45, 7) is 6.01. The van der Waals surface area contributed by atoms with E-state index in [-0.39, 0.29) is 17.7 Å². The van der Waals surface area contributed by atoms with Crippen LogP contribution in [0, 0.1) is 11.6 Å². The number of nitrogens with one attached hydrogen (secondary N) is 1. The van der Waals surface area contributed by atoms with Crippen molar-refractivity contribution in [2.45, 2.75) is 13.3 Å². The van der Waals surface area contributed by atoms with Gasteiger partial charge in [0.15, 0.2) is 5.96 Å². The molecule has 2 N–H and O–H groups in total. The number of rotatable bonds is 5. The van der Waals surface area contributed by atoms with Gasteiger partial charge in [0.2, 0.25) is 0 Å². The van der Waals surface area contributed by atoms with Crippen molar-refractivity contribution in [3.63, 3.8) is 0 Å². The molecule has 1 aliphatic heterocycles. The van der Waals surface area contributed by atoms with Crippen molar-refractivity contribution in [2.75, 3.05) is 44.2 Å². The van der Waals surface area contributed by atoms with Crippen LogP contribution < -0.4 is 10.2 Å². The highest BCUT2D eigenvalue weighted by atomic mass is 19.1. The van der Waals surface area contributed by atoms with Crippen LogP contribution in [0.4, 0.5) is 14.5 Å². The number of halogens is 2. The highest BCUT2D eigenvalue weighted by Crippen LogP contribution is 2.27. The normalized spacial score (nSPS) is 15.0. The van der Waals surface area contributed by atoms with Crippen LogP contribution >= 0.6 is 0 Å². The molecule has 0 bridgehead atoms. The predicted molar refractivity (Wildman–Crippen MR) is 108 cm³/mol. The standard InChI is InChI=1S/C21H26F2N4O/c1-2-24-21(25-11-10-16-17(22)6-5-7-18(16)23)27-14-12-26(13-15-27)19-8-3-4-9-20(19)28/h3-9,28H,2,10-15H2,1H3,(H,24,25). The van der Waals surface area contributed by atoms with Crippen molar-refractivity contribution in [3.05, 3.63) is 59.7 Å². The van der Waals surface area contributed by atoms with E-state index in [1.54, 1.807) is 6.07 Å². The maximum atomic E-state index is 13.8. The Balaban J connectivity index is 1.61. The SMILES string of the molecule is CCNC(=NCCc1c(F)cccc1F)N1CCN(c2ccccc2O)CC1. The second-order valence-electron chi connectivity index (χ2n) is 6.65. The Morgan fingerprint density at radius 3 is 2.36 bits per heavy atom. The summed E-state index contributed by atoms with van der Waals surface area (Å²) in [5.74, 6) is -0.0346. The van der Waals surface area contributed by atoms with E-state index < -0.39 is 11.6 Å². The second-order valence-corrected chi connectivity index (χ2v) is 6.65. The van der Waals surface area contributed by atoms with Gasteiger partial charge in [0.1, 0.15) is 17.4 Å². The molecule has 0 radical (unpaired) electrons. The average Bonchev–Trinajstić information content (AvgIpc) is 2.70. The first kappa shape index (κ1) is 19.9. The van der Waals surface area contributed by atoms with Gasteiger partial charge in [0.05, 0.1) is 5.69 Å². The molecule has 28 heavy (non-hydrogen) atoms. The summed E-state index contributed by atoms with van der Waals surface area (Å²) in [5, 5.41) is 13.3. The zero-order valence-electron chi connectivity index (χ0n) is 16.0. The van der Waals surface area contributed by atoms with Crippen LogP contribution in [-0.2, 0) is 6.42 Å². The van der Waals surface area contributed by atoms with Crippen LogP contribution in [0.3, 0.4) is 0 Å². The number of phenolic OH excluding ortho intramolecular Hbond substituents is 1. The molecule has 0 amide bonds. The Kier molecular flexibility index (Phi) is 6.68. The van der Waals surface area contributed by atoms with Crippen molar-refractivity contribution in [2.24, 2.45) is 4.99 Å². The topological polar surface area (TPSA) is 51.1 Å². The summed E-state index contributed by atoms with van der Waals surface area (Å²) < 4.78 is 27.5. The van der Waals surface area contributed by atoms with Crippen LogP contribution in [0.5, 0.6) is 5.75 Å². The minimum atomic E-state index is -0.531. The molecule has 1 heterocycles. The molecule has 1 fully saturated rings. The quantitative estimate of drug-likeness (QED) is 0.611. The number of anilines is 1. The first-order chi connectivity index (χ1) is 13.6.